The highest BCUT2D eigenvalue weighted by Gasteiger charge is 2.28. The minimum atomic E-state index is -0.765. The molecule has 9 heteroatoms. The lowest BCUT2D eigenvalue weighted by Crippen LogP contribution is -2.54. The minimum absolute atomic E-state index is 0.0992. The van der Waals surface area contributed by atoms with E-state index in [0.29, 0.717) is 18.7 Å². The molecule has 4 N–H and O–H groups in total. The van der Waals surface area contributed by atoms with Gasteiger partial charge in [-0.15, -0.1) is 11.8 Å². The number of benzene rings is 2. The first-order chi connectivity index (χ1) is 16.3. The van der Waals surface area contributed by atoms with Crippen LogP contribution in [0.3, 0.4) is 0 Å². The number of carbonyl (C=O) groups is 3. The molecule has 0 radical (unpaired) electrons. The van der Waals surface area contributed by atoms with E-state index in [1.54, 1.807) is 5.48 Å². The monoisotopic (exact) mass is 486 g/mol. The molecule has 0 heterocycles. The number of carbonyl (C=O) groups excluding carboxylic acids is 3. The van der Waals surface area contributed by atoms with Gasteiger partial charge in [0.1, 0.15) is 6.04 Å². The Bertz CT molecular complexity index is 912. The van der Waals surface area contributed by atoms with Gasteiger partial charge in [0.25, 0.3) is 0 Å². The molecule has 2 aromatic carbocycles. The second-order valence-electron chi connectivity index (χ2n) is 8.40. The molecule has 0 fully saturated rings. The minimum Gasteiger partial charge on any atom is -0.357 e. The first-order valence-corrected chi connectivity index (χ1v) is 12.2. The zero-order valence-corrected chi connectivity index (χ0v) is 20.7. The number of thioether (sulfide) groups is 1. The van der Waals surface area contributed by atoms with Crippen LogP contribution in [-0.2, 0) is 16.0 Å². The first kappa shape index (κ1) is 27.2. The standard InChI is InChI=1S/C25H34N4O4S/c1-18(2)15-29(16-20(23(30)28-33)17-34-21-12-8-5-9-13-21)25(32)27-22(24(31)26-3)14-19-10-6-4-7-11-19/h4-13,18,20,22,33H,14-17H2,1-3H3,(H,26,31)(H,27,32)(H,28,30)/t20?,22-/m0/s1. The van der Waals surface area contributed by atoms with E-state index in [1.807, 2.05) is 74.5 Å². The molecule has 34 heavy (non-hydrogen) atoms. The van der Waals surface area contributed by atoms with Gasteiger partial charge in [0.2, 0.25) is 11.8 Å². The normalized spacial score (nSPS) is 12.5. The lowest BCUT2D eigenvalue weighted by molar-refractivity contribution is -0.133. The van der Waals surface area contributed by atoms with Crippen molar-refractivity contribution in [3.63, 3.8) is 0 Å². The fourth-order valence-corrected chi connectivity index (χ4v) is 4.44. The molecule has 0 saturated heterocycles. The quantitative estimate of drug-likeness (QED) is 0.209. The predicted octanol–water partition coefficient (Wildman–Crippen LogP) is 2.93. The summed E-state index contributed by atoms with van der Waals surface area (Å²) in [6, 6.07) is 17.9. The molecule has 0 saturated carbocycles. The van der Waals surface area contributed by atoms with Gasteiger partial charge in [0.15, 0.2) is 0 Å². The lowest BCUT2D eigenvalue weighted by atomic mass is 10.1. The van der Waals surface area contributed by atoms with E-state index in [0.717, 1.165) is 10.5 Å². The molecular formula is C25H34N4O4S. The number of hydroxylamine groups is 1. The van der Waals surface area contributed by atoms with Crippen molar-refractivity contribution in [2.24, 2.45) is 11.8 Å². The first-order valence-electron chi connectivity index (χ1n) is 11.3. The second kappa shape index (κ2) is 14.3. The highest BCUT2D eigenvalue weighted by molar-refractivity contribution is 7.99. The maximum absolute atomic E-state index is 13.3. The van der Waals surface area contributed by atoms with E-state index >= 15 is 0 Å². The van der Waals surface area contributed by atoms with Crippen LogP contribution in [0.15, 0.2) is 65.6 Å². The molecular weight excluding hydrogens is 452 g/mol. The Morgan fingerprint density at radius 3 is 2.12 bits per heavy atom. The summed E-state index contributed by atoms with van der Waals surface area (Å²) in [5.74, 6) is -0.991. The SMILES string of the molecule is CNC(=O)[C@H](Cc1ccccc1)NC(=O)N(CC(C)C)CC(CSc1ccccc1)C(=O)NO. The van der Waals surface area contributed by atoms with Gasteiger partial charge in [-0.25, -0.2) is 10.3 Å². The number of urea groups is 1. The average molecular weight is 487 g/mol. The van der Waals surface area contributed by atoms with Crippen LogP contribution in [0.5, 0.6) is 0 Å². The van der Waals surface area contributed by atoms with Gasteiger partial charge in [0, 0.05) is 37.2 Å². The van der Waals surface area contributed by atoms with Crippen LogP contribution in [0.4, 0.5) is 4.79 Å². The summed E-state index contributed by atoms with van der Waals surface area (Å²) in [5.41, 5.74) is 2.65. The molecule has 0 aliphatic rings. The Morgan fingerprint density at radius 1 is 0.941 bits per heavy atom. The summed E-state index contributed by atoms with van der Waals surface area (Å²) in [6.45, 7) is 4.44. The molecule has 8 nitrogen and oxygen atoms in total. The van der Waals surface area contributed by atoms with Crippen LogP contribution in [0.2, 0.25) is 0 Å². The van der Waals surface area contributed by atoms with Crippen molar-refractivity contribution in [3.05, 3.63) is 66.2 Å². The Balaban J connectivity index is 2.15. The van der Waals surface area contributed by atoms with Crippen LogP contribution in [0.1, 0.15) is 19.4 Å². The maximum atomic E-state index is 13.3. The molecule has 0 aliphatic carbocycles. The van der Waals surface area contributed by atoms with Gasteiger partial charge in [-0.1, -0.05) is 62.4 Å². The van der Waals surface area contributed by atoms with E-state index in [-0.39, 0.29) is 18.4 Å². The fraction of sp³-hybridized carbons (Fsp3) is 0.400. The fourth-order valence-electron chi connectivity index (χ4n) is 3.44. The average Bonchev–Trinajstić information content (AvgIpc) is 2.85. The van der Waals surface area contributed by atoms with Crippen LogP contribution in [0, 0.1) is 11.8 Å². The van der Waals surface area contributed by atoms with Crippen LogP contribution in [0.25, 0.3) is 0 Å². The van der Waals surface area contributed by atoms with Crippen molar-refractivity contribution in [2.75, 3.05) is 25.9 Å². The molecule has 2 rings (SSSR count). The number of nitrogens with zero attached hydrogens (tertiary/aromatic N) is 1. The summed E-state index contributed by atoms with van der Waals surface area (Å²) < 4.78 is 0. The van der Waals surface area contributed by atoms with E-state index in [2.05, 4.69) is 10.6 Å². The lowest BCUT2D eigenvalue weighted by Gasteiger charge is -2.30. The van der Waals surface area contributed by atoms with Crippen LogP contribution < -0.4 is 16.1 Å². The zero-order chi connectivity index (χ0) is 24.9. The molecule has 0 spiro atoms. The Hall–Kier alpha value is -3.04. The third kappa shape index (κ3) is 9.07. The van der Waals surface area contributed by atoms with Gasteiger partial charge in [-0.3, -0.25) is 14.8 Å². The number of likely N-dealkylation sites (N-methyl/N-ethyl adjacent to an activating group) is 1. The van der Waals surface area contributed by atoms with Crippen molar-refractivity contribution >= 4 is 29.6 Å². The number of rotatable bonds is 12. The Kier molecular flexibility index (Phi) is 11.4. The van der Waals surface area contributed by atoms with Crippen molar-refractivity contribution in [1.82, 2.24) is 21.0 Å². The van der Waals surface area contributed by atoms with Crippen LogP contribution in [-0.4, -0.2) is 59.9 Å². The van der Waals surface area contributed by atoms with Gasteiger partial charge in [-0.2, -0.15) is 0 Å². The largest absolute Gasteiger partial charge is 0.357 e. The zero-order valence-electron chi connectivity index (χ0n) is 19.9. The van der Waals surface area contributed by atoms with Crippen molar-refractivity contribution in [1.29, 1.82) is 0 Å². The number of amides is 4. The molecule has 2 aromatic rings. The topological polar surface area (TPSA) is 111 Å². The van der Waals surface area contributed by atoms with Gasteiger partial charge in [0.05, 0.1) is 5.92 Å². The van der Waals surface area contributed by atoms with Gasteiger partial charge < -0.3 is 15.5 Å². The van der Waals surface area contributed by atoms with E-state index < -0.39 is 23.9 Å². The van der Waals surface area contributed by atoms with E-state index in [9.17, 15) is 19.6 Å². The summed E-state index contributed by atoms with van der Waals surface area (Å²) in [6.07, 6.45) is 0.339. The smallest absolute Gasteiger partial charge is 0.318 e. The highest BCUT2D eigenvalue weighted by Crippen LogP contribution is 2.21. The van der Waals surface area contributed by atoms with Gasteiger partial charge in [-0.05, 0) is 23.6 Å². The van der Waals surface area contributed by atoms with E-state index in [1.165, 1.54) is 23.7 Å². The summed E-state index contributed by atoms with van der Waals surface area (Å²) >= 11 is 1.47. The number of hydrogen-bond acceptors (Lipinski definition) is 5. The van der Waals surface area contributed by atoms with E-state index in [4.69, 9.17) is 0 Å². The van der Waals surface area contributed by atoms with Crippen LogP contribution >= 0.6 is 11.8 Å². The Labute approximate surface area is 205 Å². The number of hydrogen-bond donors (Lipinski definition) is 4. The predicted molar refractivity (Wildman–Crippen MR) is 134 cm³/mol. The van der Waals surface area contributed by atoms with Gasteiger partial charge >= 0.3 is 6.03 Å². The third-order valence-corrected chi connectivity index (χ3v) is 6.31. The molecule has 184 valence electrons. The van der Waals surface area contributed by atoms with Crippen molar-refractivity contribution in [2.45, 2.75) is 31.2 Å². The maximum Gasteiger partial charge on any atom is 0.318 e. The Morgan fingerprint density at radius 2 is 1.56 bits per heavy atom. The molecule has 2 atom stereocenters. The highest BCUT2D eigenvalue weighted by atomic mass is 32.2. The summed E-state index contributed by atoms with van der Waals surface area (Å²) in [4.78, 5) is 40.7. The van der Waals surface area contributed by atoms with Crippen molar-refractivity contribution < 1.29 is 19.6 Å². The molecule has 4 amide bonds. The second-order valence-corrected chi connectivity index (χ2v) is 9.50. The van der Waals surface area contributed by atoms with Crippen molar-refractivity contribution in [3.8, 4) is 0 Å². The number of nitrogens with one attached hydrogen (secondary N) is 3. The molecule has 0 aromatic heterocycles. The molecule has 0 aliphatic heterocycles. The third-order valence-electron chi connectivity index (χ3n) is 5.13. The molecule has 1 unspecified atom stereocenters. The summed E-state index contributed by atoms with van der Waals surface area (Å²) in [7, 11) is 1.53. The summed E-state index contributed by atoms with van der Waals surface area (Å²) in [5, 5.41) is 14.7. The molecule has 0 bridgehead atoms.